The normalized spacial score (nSPS) is 13.5. The fourth-order valence-corrected chi connectivity index (χ4v) is 3.64. The Kier molecular flexibility index (Phi) is 7.11. The van der Waals surface area contributed by atoms with E-state index < -0.39 is 18.4 Å². The quantitative estimate of drug-likeness (QED) is 0.519. The number of rotatable bonds is 8. The number of nitrogens with one attached hydrogen (secondary N) is 2. The second-order valence-corrected chi connectivity index (χ2v) is 7.88. The Balaban J connectivity index is 1.70. The van der Waals surface area contributed by atoms with Gasteiger partial charge in [0.15, 0.2) is 5.75 Å². The van der Waals surface area contributed by atoms with Gasteiger partial charge in [-0.05, 0) is 37.5 Å². The SMILES string of the molecule is O=C(O)CNC(=O)c1cc(Cl)c(OCc2cccc(NC3CCC3)c2Cl)c(Cl)c1. The van der Waals surface area contributed by atoms with E-state index in [-0.39, 0.29) is 28.0 Å². The molecule has 0 atom stereocenters. The third-order valence-corrected chi connectivity index (χ3v) is 5.58. The summed E-state index contributed by atoms with van der Waals surface area (Å²) in [5.74, 6) is -1.53. The van der Waals surface area contributed by atoms with E-state index >= 15 is 0 Å². The molecule has 3 N–H and O–H groups in total. The summed E-state index contributed by atoms with van der Waals surface area (Å²) in [4.78, 5) is 22.6. The second-order valence-electron chi connectivity index (χ2n) is 6.68. The highest BCUT2D eigenvalue weighted by Gasteiger charge is 2.19. The molecule has 1 saturated carbocycles. The van der Waals surface area contributed by atoms with Gasteiger partial charge in [0.2, 0.25) is 0 Å². The number of aliphatic carboxylic acids is 1. The van der Waals surface area contributed by atoms with E-state index in [2.05, 4.69) is 10.6 Å². The first-order valence-corrected chi connectivity index (χ1v) is 10.1. The summed E-state index contributed by atoms with van der Waals surface area (Å²) in [6.07, 6.45) is 3.49. The summed E-state index contributed by atoms with van der Waals surface area (Å²) in [5, 5.41) is 15.2. The lowest BCUT2D eigenvalue weighted by atomic mass is 9.93. The number of amides is 1. The minimum Gasteiger partial charge on any atom is -0.486 e. The van der Waals surface area contributed by atoms with Gasteiger partial charge in [-0.15, -0.1) is 0 Å². The average Bonchev–Trinajstić information content (AvgIpc) is 2.63. The molecule has 1 aliphatic carbocycles. The van der Waals surface area contributed by atoms with Crippen LogP contribution in [0.5, 0.6) is 5.75 Å². The van der Waals surface area contributed by atoms with E-state index in [4.69, 9.17) is 44.6 Å². The van der Waals surface area contributed by atoms with Gasteiger partial charge < -0.3 is 20.5 Å². The van der Waals surface area contributed by atoms with Crippen LogP contribution in [-0.4, -0.2) is 29.6 Å². The number of carbonyl (C=O) groups is 2. The van der Waals surface area contributed by atoms with Crippen molar-refractivity contribution < 1.29 is 19.4 Å². The van der Waals surface area contributed by atoms with Gasteiger partial charge in [-0.1, -0.05) is 46.9 Å². The zero-order valence-electron chi connectivity index (χ0n) is 15.3. The molecule has 3 rings (SSSR count). The highest BCUT2D eigenvalue weighted by molar-refractivity contribution is 6.37. The highest BCUT2D eigenvalue weighted by atomic mass is 35.5. The summed E-state index contributed by atoms with van der Waals surface area (Å²) in [6, 6.07) is 8.86. The van der Waals surface area contributed by atoms with Crippen LogP contribution in [0.1, 0.15) is 35.2 Å². The summed E-state index contributed by atoms with van der Waals surface area (Å²) in [7, 11) is 0. The van der Waals surface area contributed by atoms with Crippen molar-refractivity contribution >= 4 is 52.4 Å². The maximum Gasteiger partial charge on any atom is 0.322 e. The van der Waals surface area contributed by atoms with Gasteiger partial charge in [-0.2, -0.15) is 0 Å². The lowest BCUT2D eigenvalue weighted by Gasteiger charge is -2.28. The van der Waals surface area contributed by atoms with Crippen LogP contribution in [-0.2, 0) is 11.4 Å². The number of carboxylic acid groups (broad SMARTS) is 1. The smallest absolute Gasteiger partial charge is 0.322 e. The predicted molar refractivity (Wildman–Crippen MR) is 113 cm³/mol. The zero-order valence-corrected chi connectivity index (χ0v) is 17.6. The Bertz CT molecular complexity index is 909. The molecule has 29 heavy (non-hydrogen) atoms. The lowest BCUT2D eigenvalue weighted by molar-refractivity contribution is -0.135. The number of hydrogen-bond acceptors (Lipinski definition) is 4. The van der Waals surface area contributed by atoms with Crippen LogP contribution in [0.2, 0.25) is 15.1 Å². The molecule has 1 amide bonds. The van der Waals surface area contributed by atoms with E-state index in [0.717, 1.165) is 24.1 Å². The monoisotopic (exact) mass is 456 g/mol. The van der Waals surface area contributed by atoms with Gasteiger partial charge in [-0.3, -0.25) is 9.59 Å². The van der Waals surface area contributed by atoms with Crippen LogP contribution in [0.15, 0.2) is 30.3 Å². The zero-order chi connectivity index (χ0) is 21.0. The molecular weight excluding hydrogens is 439 g/mol. The van der Waals surface area contributed by atoms with Crippen molar-refractivity contribution in [2.24, 2.45) is 0 Å². The van der Waals surface area contributed by atoms with Gasteiger partial charge in [0, 0.05) is 17.2 Å². The predicted octanol–water partition coefficient (Wildman–Crippen LogP) is 5.00. The van der Waals surface area contributed by atoms with Gasteiger partial charge in [-0.25, -0.2) is 0 Å². The van der Waals surface area contributed by atoms with Crippen LogP contribution in [0.3, 0.4) is 0 Å². The molecule has 1 aliphatic rings. The first kappa shape index (κ1) is 21.6. The number of carbonyl (C=O) groups excluding carboxylic acids is 1. The molecule has 0 saturated heterocycles. The molecule has 9 heteroatoms. The minimum absolute atomic E-state index is 0.137. The number of benzene rings is 2. The largest absolute Gasteiger partial charge is 0.486 e. The standard InChI is InChI=1S/C20H19Cl3N2O4/c21-14-7-12(20(28)24-9-17(26)27)8-15(22)19(14)29-10-11-3-1-6-16(18(11)23)25-13-4-2-5-13/h1,3,6-8,13,25H,2,4-5,9-10H2,(H,24,28)(H,26,27). The molecule has 1 fully saturated rings. The molecule has 0 unspecified atom stereocenters. The highest BCUT2D eigenvalue weighted by Crippen LogP contribution is 2.36. The van der Waals surface area contributed by atoms with Gasteiger partial charge in [0.1, 0.15) is 13.2 Å². The van der Waals surface area contributed by atoms with Crippen molar-refractivity contribution in [3.63, 3.8) is 0 Å². The van der Waals surface area contributed by atoms with Gasteiger partial charge in [0.25, 0.3) is 5.91 Å². The fourth-order valence-electron chi connectivity index (χ4n) is 2.81. The van der Waals surface area contributed by atoms with Crippen molar-refractivity contribution in [1.29, 1.82) is 0 Å². The van der Waals surface area contributed by atoms with Crippen molar-refractivity contribution in [2.75, 3.05) is 11.9 Å². The molecule has 0 radical (unpaired) electrons. The van der Waals surface area contributed by atoms with E-state index in [1.165, 1.54) is 18.6 Å². The molecule has 0 aliphatic heterocycles. The Morgan fingerprint density at radius 2 is 1.83 bits per heavy atom. The van der Waals surface area contributed by atoms with E-state index in [1.807, 2.05) is 18.2 Å². The van der Waals surface area contributed by atoms with Crippen molar-refractivity contribution in [1.82, 2.24) is 5.32 Å². The van der Waals surface area contributed by atoms with Crippen LogP contribution in [0.4, 0.5) is 5.69 Å². The number of carboxylic acids is 1. The van der Waals surface area contributed by atoms with E-state index in [1.54, 1.807) is 0 Å². The Labute approximate surface area is 183 Å². The van der Waals surface area contributed by atoms with Gasteiger partial charge in [0.05, 0.1) is 20.8 Å². The summed E-state index contributed by atoms with van der Waals surface area (Å²) in [5.41, 5.74) is 1.77. The maximum atomic E-state index is 12.0. The third-order valence-electron chi connectivity index (χ3n) is 4.58. The summed E-state index contributed by atoms with van der Waals surface area (Å²) < 4.78 is 5.77. The third kappa shape index (κ3) is 5.47. The molecule has 0 heterocycles. The molecule has 2 aromatic rings. The van der Waals surface area contributed by atoms with E-state index in [9.17, 15) is 9.59 Å². The molecule has 154 valence electrons. The Morgan fingerprint density at radius 3 is 2.41 bits per heavy atom. The first-order valence-electron chi connectivity index (χ1n) is 9.01. The minimum atomic E-state index is -1.15. The van der Waals surface area contributed by atoms with E-state index in [0.29, 0.717) is 11.1 Å². The topological polar surface area (TPSA) is 87.7 Å². The molecule has 0 aromatic heterocycles. The second kappa shape index (κ2) is 9.57. The molecule has 0 spiro atoms. The van der Waals surface area contributed by atoms with Gasteiger partial charge >= 0.3 is 5.97 Å². The van der Waals surface area contributed by atoms with Crippen molar-refractivity contribution in [2.45, 2.75) is 31.9 Å². The van der Waals surface area contributed by atoms with Crippen LogP contribution >= 0.6 is 34.8 Å². The van der Waals surface area contributed by atoms with Crippen LogP contribution < -0.4 is 15.4 Å². The van der Waals surface area contributed by atoms with Crippen molar-refractivity contribution in [3.05, 3.63) is 56.5 Å². The van der Waals surface area contributed by atoms with Crippen LogP contribution in [0, 0.1) is 0 Å². The first-order chi connectivity index (χ1) is 13.8. The summed E-state index contributed by atoms with van der Waals surface area (Å²) in [6.45, 7) is -0.362. The summed E-state index contributed by atoms with van der Waals surface area (Å²) >= 11 is 18.9. The number of anilines is 1. The van der Waals surface area contributed by atoms with Crippen molar-refractivity contribution in [3.8, 4) is 5.75 Å². The number of hydrogen-bond donors (Lipinski definition) is 3. The Hall–Kier alpha value is -2.15. The molecule has 2 aromatic carbocycles. The Morgan fingerprint density at radius 1 is 1.14 bits per heavy atom. The lowest BCUT2D eigenvalue weighted by Crippen LogP contribution is -2.29. The fraction of sp³-hybridized carbons (Fsp3) is 0.300. The molecule has 0 bridgehead atoms. The molecule has 6 nitrogen and oxygen atoms in total. The maximum absolute atomic E-state index is 12.0. The average molecular weight is 458 g/mol. The van der Waals surface area contributed by atoms with Crippen LogP contribution in [0.25, 0.3) is 0 Å². The molecular formula is C20H19Cl3N2O4. The number of halogens is 3. The number of ether oxygens (including phenoxy) is 1.